The van der Waals surface area contributed by atoms with Crippen LogP contribution in [0, 0.1) is 23.7 Å². The van der Waals surface area contributed by atoms with E-state index in [2.05, 4.69) is 10.6 Å². The van der Waals surface area contributed by atoms with Gasteiger partial charge in [-0.15, -0.1) is 0 Å². The number of esters is 1. The Hall–Kier alpha value is -4.53. The Kier molecular flexibility index (Phi) is 20.2. The molecule has 2 aromatic carbocycles. The van der Waals surface area contributed by atoms with Crippen LogP contribution in [0.1, 0.15) is 85.3 Å². The summed E-state index contributed by atoms with van der Waals surface area (Å²) in [6.45, 7) is 14.5. The maximum Gasteiger partial charge on any atom is 0.328 e. The third kappa shape index (κ3) is 13.7. The molecule has 0 spiro atoms. The second-order valence-corrected chi connectivity index (χ2v) is 17.4. The van der Waals surface area contributed by atoms with Gasteiger partial charge in [-0.2, -0.15) is 0 Å². The van der Waals surface area contributed by atoms with Gasteiger partial charge in [0, 0.05) is 40.8 Å². The summed E-state index contributed by atoms with van der Waals surface area (Å²) in [5, 5.41) is 15.7. The van der Waals surface area contributed by atoms with Gasteiger partial charge in [0.05, 0.1) is 49.8 Å². The van der Waals surface area contributed by atoms with Crippen LogP contribution < -0.4 is 10.6 Å². The van der Waals surface area contributed by atoms with Crippen molar-refractivity contribution in [2.24, 2.45) is 23.7 Å². The molecule has 1 saturated heterocycles. The lowest BCUT2D eigenvalue weighted by Gasteiger charge is -2.41. The maximum absolute atomic E-state index is 14.5. The monoisotopic (exact) mass is 852 g/mol. The molecule has 0 saturated carbocycles. The number of methoxy groups -OCH3 is 3. The van der Waals surface area contributed by atoms with Gasteiger partial charge in [-0.25, -0.2) is 4.79 Å². The lowest BCUT2D eigenvalue weighted by molar-refractivity contribution is -0.149. The van der Waals surface area contributed by atoms with Gasteiger partial charge < -0.3 is 39.8 Å². The SMILES string of the molecule is CCC(C)C(C(CC(=O)N1CCCC1C(OC)C(C)C(=O)NC(Cc1ccccc1)C(=O)OC)OC)N(C)C(=O)C(NC(=O)C(C(C)C)N(C)Cc1ccc(O)cc1)C(C)C. The zero-order chi connectivity index (χ0) is 45.6. The molecule has 0 bridgehead atoms. The van der Waals surface area contributed by atoms with Gasteiger partial charge in [-0.1, -0.05) is 97.4 Å². The van der Waals surface area contributed by atoms with Crippen LogP contribution in [0.15, 0.2) is 54.6 Å². The highest BCUT2D eigenvalue weighted by molar-refractivity contribution is 5.90. The average molecular weight is 852 g/mol. The molecule has 3 rings (SSSR count). The number of rotatable bonds is 23. The Morgan fingerprint density at radius 3 is 2.02 bits per heavy atom. The molecule has 14 nitrogen and oxygen atoms in total. The van der Waals surface area contributed by atoms with E-state index < -0.39 is 54.3 Å². The first kappa shape index (κ1) is 50.8. The largest absolute Gasteiger partial charge is 0.508 e. The van der Waals surface area contributed by atoms with Crippen LogP contribution in [0.3, 0.4) is 0 Å². The molecule has 61 heavy (non-hydrogen) atoms. The lowest BCUT2D eigenvalue weighted by Crippen LogP contribution is -2.60. The molecule has 0 aliphatic carbocycles. The van der Waals surface area contributed by atoms with Gasteiger partial charge in [-0.05, 0) is 60.9 Å². The van der Waals surface area contributed by atoms with E-state index in [9.17, 15) is 29.1 Å². The van der Waals surface area contributed by atoms with E-state index in [1.54, 1.807) is 43.0 Å². The van der Waals surface area contributed by atoms with E-state index in [1.807, 2.05) is 96.0 Å². The number of amides is 4. The fourth-order valence-corrected chi connectivity index (χ4v) is 8.77. The molecule has 2 aromatic rings. The Balaban J connectivity index is 1.79. The maximum atomic E-state index is 14.5. The molecular weight excluding hydrogens is 779 g/mol. The van der Waals surface area contributed by atoms with E-state index in [-0.39, 0.29) is 60.0 Å². The predicted octanol–water partition coefficient (Wildman–Crippen LogP) is 4.81. The predicted molar refractivity (Wildman–Crippen MR) is 235 cm³/mol. The number of likely N-dealkylation sites (tertiary alicyclic amines) is 1. The number of phenolic OH excluding ortho intramolecular Hbond substituents is 1. The number of carbonyl (C=O) groups is 5. The Morgan fingerprint density at radius 2 is 1.48 bits per heavy atom. The van der Waals surface area contributed by atoms with Crippen LogP contribution in [0.2, 0.25) is 0 Å². The van der Waals surface area contributed by atoms with E-state index in [0.29, 0.717) is 32.4 Å². The second kappa shape index (κ2) is 24.2. The Bertz CT molecular complexity index is 1710. The zero-order valence-corrected chi connectivity index (χ0v) is 38.6. The summed E-state index contributed by atoms with van der Waals surface area (Å²) in [5.74, 6) is -2.60. The Labute approximate surface area is 364 Å². The molecule has 9 unspecified atom stereocenters. The standard InChI is InChI=1S/C47H73N5O9/c1-13-31(6)42(51(9)46(57)40(29(2)3)49-45(56)41(30(4)5)50(8)28-34-21-23-35(53)24-22-34)38(59-10)27-39(54)52-25-17-20-37(52)43(60-11)32(7)44(55)48-36(47(58)61-12)26-33-18-15-14-16-19-33/h14-16,18-19,21-24,29-32,36-38,40-43,53H,13,17,20,25-28H2,1-12H3,(H,48,55)(H,49,56). The third-order valence-electron chi connectivity index (χ3n) is 12.3. The molecule has 0 radical (unpaired) electrons. The summed E-state index contributed by atoms with van der Waals surface area (Å²) in [6.07, 6.45) is 0.929. The zero-order valence-electron chi connectivity index (χ0n) is 38.6. The van der Waals surface area contributed by atoms with Crippen molar-refractivity contribution in [1.29, 1.82) is 0 Å². The highest BCUT2D eigenvalue weighted by Gasteiger charge is 2.43. The summed E-state index contributed by atoms with van der Waals surface area (Å²) in [6, 6.07) is 13.0. The first-order valence-electron chi connectivity index (χ1n) is 21.7. The highest BCUT2D eigenvalue weighted by Crippen LogP contribution is 2.30. The molecule has 1 heterocycles. The van der Waals surface area contributed by atoms with Crippen molar-refractivity contribution in [1.82, 2.24) is 25.3 Å². The number of nitrogens with one attached hydrogen (secondary N) is 2. The van der Waals surface area contributed by atoms with Crippen LogP contribution in [-0.4, -0.2) is 134 Å². The second-order valence-electron chi connectivity index (χ2n) is 17.4. The molecule has 14 heteroatoms. The molecular formula is C47H73N5O9. The number of hydrogen-bond acceptors (Lipinski definition) is 10. The number of benzene rings is 2. The minimum atomic E-state index is -0.904. The van der Waals surface area contributed by atoms with Crippen molar-refractivity contribution >= 4 is 29.6 Å². The van der Waals surface area contributed by atoms with Gasteiger partial charge in [-0.3, -0.25) is 24.1 Å². The van der Waals surface area contributed by atoms with Crippen LogP contribution in [0.25, 0.3) is 0 Å². The summed E-state index contributed by atoms with van der Waals surface area (Å²) in [5.41, 5.74) is 1.81. The molecule has 340 valence electrons. The number of hydrogen-bond donors (Lipinski definition) is 3. The first-order valence-corrected chi connectivity index (χ1v) is 21.7. The van der Waals surface area contributed by atoms with Crippen LogP contribution in [-0.2, 0) is 51.1 Å². The fraction of sp³-hybridized carbons (Fsp3) is 0.638. The smallest absolute Gasteiger partial charge is 0.328 e. The normalized spacial score (nSPS) is 18.1. The van der Waals surface area contributed by atoms with Crippen molar-refractivity contribution in [3.05, 3.63) is 65.7 Å². The van der Waals surface area contributed by atoms with Crippen LogP contribution >= 0.6 is 0 Å². The van der Waals surface area contributed by atoms with Crippen molar-refractivity contribution in [3.63, 3.8) is 0 Å². The topological polar surface area (TPSA) is 167 Å². The van der Waals surface area contributed by atoms with E-state index in [1.165, 1.54) is 14.2 Å². The molecule has 9 atom stereocenters. The molecule has 3 N–H and O–H groups in total. The van der Waals surface area contributed by atoms with Gasteiger partial charge in [0.2, 0.25) is 23.6 Å². The van der Waals surface area contributed by atoms with Crippen molar-refractivity contribution < 1.29 is 43.3 Å². The summed E-state index contributed by atoms with van der Waals surface area (Å²) < 4.78 is 17.0. The van der Waals surface area contributed by atoms with E-state index in [4.69, 9.17) is 14.2 Å². The summed E-state index contributed by atoms with van der Waals surface area (Å²) in [7, 11) is 7.94. The molecule has 0 aromatic heterocycles. The summed E-state index contributed by atoms with van der Waals surface area (Å²) >= 11 is 0. The number of ether oxygens (including phenoxy) is 3. The van der Waals surface area contributed by atoms with Crippen molar-refractivity contribution in [3.8, 4) is 5.75 Å². The van der Waals surface area contributed by atoms with Crippen molar-refractivity contribution in [2.75, 3.05) is 42.0 Å². The average Bonchev–Trinajstić information content (AvgIpc) is 3.72. The number of nitrogens with zero attached hydrogens (tertiary/aromatic N) is 3. The lowest BCUT2D eigenvalue weighted by atomic mass is 9.89. The number of likely N-dealkylation sites (N-methyl/N-ethyl adjacent to an activating group) is 2. The van der Waals surface area contributed by atoms with Gasteiger partial charge in [0.25, 0.3) is 0 Å². The Morgan fingerprint density at radius 1 is 0.836 bits per heavy atom. The van der Waals surface area contributed by atoms with Crippen molar-refractivity contribution in [2.45, 2.75) is 130 Å². The minimum absolute atomic E-state index is 0.0195. The number of aromatic hydroxyl groups is 1. The third-order valence-corrected chi connectivity index (χ3v) is 12.3. The summed E-state index contributed by atoms with van der Waals surface area (Å²) in [4.78, 5) is 74.7. The van der Waals surface area contributed by atoms with E-state index in [0.717, 1.165) is 11.1 Å². The fourth-order valence-electron chi connectivity index (χ4n) is 8.77. The molecule has 4 amide bonds. The highest BCUT2D eigenvalue weighted by atomic mass is 16.5. The number of carbonyl (C=O) groups excluding carboxylic acids is 5. The molecule has 1 fully saturated rings. The van der Waals surface area contributed by atoms with E-state index >= 15 is 0 Å². The van der Waals surface area contributed by atoms with Crippen LogP contribution in [0.5, 0.6) is 5.75 Å². The van der Waals surface area contributed by atoms with Crippen LogP contribution in [0.4, 0.5) is 0 Å². The van der Waals surface area contributed by atoms with Gasteiger partial charge in [0.15, 0.2) is 0 Å². The number of phenols is 1. The quantitative estimate of drug-likeness (QED) is 0.132. The minimum Gasteiger partial charge on any atom is -0.508 e. The molecule has 1 aliphatic rings. The molecule has 1 aliphatic heterocycles. The van der Waals surface area contributed by atoms with Gasteiger partial charge in [0.1, 0.15) is 17.8 Å². The van der Waals surface area contributed by atoms with Gasteiger partial charge >= 0.3 is 5.97 Å². The first-order chi connectivity index (χ1) is 28.9.